The molecule has 1 atom stereocenters. The Morgan fingerprint density at radius 1 is 1.09 bits per heavy atom. The topological polar surface area (TPSA) is 145 Å². The van der Waals surface area contributed by atoms with Crippen LogP contribution >= 0.6 is 11.8 Å². The SMILES string of the molecule is COC(=O)c1cccc(NC(=O)CSc2nnc([C@@H](CO)NC(=O)c3ccc(OC)cc3)n2C)c1. The highest BCUT2D eigenvalue weighted by atomic mass is 32.2. The van der Waals surface area contributed by atoms with E-state index in [4.69, 9.17) is 4.74 Å². The van der Waals surface area contributed by atoms with E-state index in [2.05, 4.69) is 25.6 Å². The third kappa shape index (κ3) is 6.58. The number of rotatable bonds is 10. The van der Waals surface area contributed by atoms with Gasteiger partial charge in [-0.15, -0.1) is 10.2 Å². The Hall–Kier alpha value is -3.90. The third-order valence-electron chi connectivity index (χ3n) is 4.92. The van der Waals surface area contributed by atoms with Crippen LogP contribution in [0.25, 0.3) is 0 Å². The number of anilines is 1. The van der Waals surface area contributed by atoms with Crippen LogP contribution in [0.5, 0.6) is 5.75 Å². The number of carbonyl (C=O) groups is 3. The summed E-state index contributed by atoms with van der Waals surface area (Å²) in [6.07, 6.45) is 0. The normalized spacial score (nSPS) is 11.4. The highest BCUT2D eigenvalue weighted by Crippen LogP contribution is 2.21. The van der Waals surface area contributed by atoms with Gasteiger partial charge in [-0.1, -0.05) is 17.8 Å². The van der Waals surface area contributed by atoms with Crippen molar-refractivity contribution < 1.29 is 29.0 Å². The van der Waals surface area contributed by atoms with E-state index in [9.17, 15) is 19.5 Å². The molecular formula is C23H25N5O6S. The highest BCUT2D eigenvalue weighted by Gasteiger charge is 2.22. The molecule has 3 rings (SSSR count). The number of aliphatic hydroxyl groups excluding tert-OH is 1. The van der Waals surface area contributed by atoms with Crippen molar-refractivity contribution in [3.8, 4) is 5.75 Å². The Bertz CT molecular complexity index is 1200. The van der Waals surface area contributed by atoms with E-state index >= 15 is 0 Å². The number of aromatic nitrogens is 3. The van der Waals surface area contributed by atoms with Crippen LogP contribution in [0, 0.1) is 0 Å². The Labute approximate surface area is 205 Å². The Kier molecular flexibility index (Phi) is 8.81. The van der Waals surface area contributed by atoms with Crippen molar-refractivity contribution in [3.05, 3.63) is 65.5 Å². The summed E-state index contributed by atoms with van der Waals surface area (Å²) in [5.74, 6) is -0.222. The first-order valence-electron chi connectivity index (χ1n) is 10.4. The van der Waals surface area contributed by atoms with E-state index in [-0.39, 0.29) is 11.7 Å². The molecule has 0 unspecified atom stereocenters. The van der Waals surface area contributed by atoms with Gasteiger partial charge in [0, 0.05) is 18.3 Å². The van der Waals surface area contributed by atoms with Crippen LogP contribution in [0.15, 0.2) is 53.7 Å². The van der Waals surface area contributed by atoms with Crippen LogP contribution < -0.4 is 15.4 Å². The molecule has 3 aromatic rings. The molecule has 0 aliphatic heterocycles. The molecule has 3 N–H and O–H groups in total. The number of ether oxygens (including phenoxy) is 2. The number of hydrogen-bond acceptors (Lipinski definition) is 9. The number of nitrogens with one attached hydrogen (secondary N) is 2. The molecule has 0 aliphatic rings. The van der Waals surface area contributed by atoms with Crippen LogP contribution in [0.3, 0.4) is 0 Å². The fourth-order valence-electron chi connectivity index (χ4n) is 3.10. The number of hydrogen-bond donors (Lipinski definition) is 3. The second-order valence-electron chi connectivity index (χ2n) is 7.25. The Morgan fingerprint density at radius 3 is 2.49 bits per heavy atom. The largest absolute Gasteiger partial charge is 0.497 e. The number of methoxy groups -OCH3 is 2. The maximum Gasteiger partial charge on any atom is 0.337 e. The van der Waals surface area contributed by atoms with Crippen LogP contribution in [-0.4, -0.2) is 64.2 Å². The minimum absolute atomic E-state index is 0.0242. The summed E-state index contributed by atoms with van der Waals surface area (Å²) in [4.78, 5) is 36.6. The van der Waals surface area contributed by atoms with E-state index in [0.29, 0.717) is 33.5 Å². The quantitative estimate of drug-likeness (QED) is 0.281. The molecule has 12 heteroatoms. The number of benzene rings is 2. The van der Waals surface area contributed by atoms with Gasteiger partial charge < -0.3 is 29.8 Å². The van der Waals surface area contributed by atoms with Gasteiger partial charge in [0.05, 0.1) is 32.1 Å². The van der Waals surface area contributed by atoms with Gasteiger partial charge in [0.15, 0.2) is 11.0 Å². The minimum Gasteiger partial charge on any atom is -0.497 e. The summed E-state index contributed by atoms with van der Waals surface area (Å²) < 4.78 is 11.4. The van der Waals surface area contributed by atoms with Crippen molar-refractivity contribution in [1.82, 2.24) is 20.1 Å². The Morgan fingerprint density at radius 2 is 1.83 bits per heavy atom. The molecule has 0 saturated heterocycles. The molecule has 0 saturated carbocycles. The molecule has 1 heterocycles. The lowest BCUT2D eigenvalue weighted by Crippen LogP contribution is -2.32. The number of aliphatic hydroxyl groups is 1. The molecule has 2 amide bonds. The predicted octanol–water partition coefficient (Wildman–Crippen LogP) is 1.80. The van der Waals surface area contributed by atoms with Crippen LogP contribution in [-0.2, 0) is 16.6 Å². The van der Waals surface area contributed by atoms with Crippen LogP contribution in [0.2, 0.25) is 0 Å². The van der Waals surface area contributed by atoms with Gasteiger partial charge >= 0.3 is 5.97 Å². The maximum absolute atomic E-state index is 12.6. The first-order valence-corrected chi connectivity index (χ1v) is 11.4. The molecule has 0 bridgehead atoms. The number of thioether (sulfide) groups is 1. The van der Waals surface area contributed by atoms with E-state index < -0.39 is 24.5 Å². The zero-order valence-corrected chi connectivity index (χ0v) is 20.2. The van der Waals surface area contributed by atoms with Gasteiger partial charge in [-0.25, -0.2) is 4.79 Å². The van der Waals surface area contributed by atoms with E-state index in [1.54, 1.807) is 54.1 Å². The molecule has 0 aliphatic carbocycles. The van der Waals surface area contributed by atoms with Crippen molar-refractivity contribution in [2.24, 2.45) is 7.05 Å². The summed E-state index contributed by atoms with van der Waals surface area (Å²) in [6.45, 7) is -0.393. The number of carbonyl (C=O) groups excluding carboxylic acids is 3. The fourth-order valence-corrected chi connectivity index (χ4v) is 3.82. The van der Waals surface area contributed by atoms with Gasteiger partial charge in [0.1, 0.15) is 11.8 Å². The lowest BCUT2D eigenvalue weighted by atomic mass is 10.2. The van der Waals surface area contributed by atoms with Crippen molar-refractivity contribution in [3.63, 3.8) is 0 Å². The number of esters is 1. The van der Waals surface area contributed by atoms with E-state index in [1.165, 1.54) is 20.3 Å². The van der Waals surface area contributed by atoms with Crippen LogP contribution in [0.1, 0.15) is 32.6 Å². The summed E-state index contributed by atoms with van der Waals surface area (Å²) in [5.41, 5.74) is 1.18. The number of amides is 2. The molecule has 0 radical (unpaired) electrons. The molecule has 0 spiro atoms. The smallest absolute Gasteiger partial charge is 0.337 e. The van der Waals surface area contributed by atoms with Gasteiger partial charge in [-0.05, 0) is 42.5 Å². The molecule has 1 aromatic heterocycles. The van der Waals surface area contributed by atoms with Crippen molar-refractivity contribution in [2.75, 3.05) is 31.9 Å². The summed E-state index contributed by atoms with van der Waals surface area (Å²) in [7, 11) is 4.50. The van der Waals surface area contributed by atoms with Crippen molar-refractivity contribution >= 4 is 35.2 Å². The average Bonchev–Trinajstić information content (AvgIpc) is 3.25. The zero-order valence-electron chi connectivity index (χ0n) is 19.3. The monoisotopic (exact) mass is 499 g/mol. The summed E-state index contributed by atoms with van der Waals surface area (Å²) >= 11 is 1.13. The van der Waals surface area contributed by atoms with Gasteiger partial charge in [-0.3, -0.25) is 9.59 Å². The Balaban J connectivity index is 1.60. The first-order chi connectivity index (χ1) is 16.9. The molecule has 11 nitrogen and oxygen atoms in total. The third-order valence-corrected chi connectivity index (χ3v) is 5.94. The second kappa shape index (κ2) is 12.0. The summed E-state index contributed by atoms with van der Waals surface area (Å²) in [5, 5.41) is 23.8. The molecular weight excluding hydrogens is 474 g/mol. The molecule has 35 heavy (non-hydrogen) atoms. The van der Waals surface area contributed by atoms with E-state index in [1.807, 2.05) is 0 Å². The van der Waals surface area contributed by atoms with Gasteiger partial charge in [-0.2, -0.15) is 0 Å². The predicted molar refractivity (Wildman–Crippen MR) is 128 cm³/mol. The highest BCUT2D eigenvalue weighted by molar-refractivity contribution is 7.99. The molecule has 2 aromatic carbocycles. The summed E-state index contributed by atoms with van der Waals surface area (Å²) in [6, 6.07) is 12.2. The minimum atomic E-state index is -0.800. The van der Waals surface area contributed by atoms with Gasteiger partial charge in [0.2, 0.25) is 5.91 Å². The second-order valence-corrected chi connectivity index (χ2v) is 8.19. The maximum atomic E-state index is 12.6. The zero-order chi connectivity index (χ0) is 25.4. The average molecular weight is 500 g/mol. The lowest BCUT2D eigenvalue weighted by molar-refractivity contribution is -0.113. The van der Waals surface area contributed by atoms with Crippen molar-refractivity contribution in [2.45, 2.75) is 11.2 Å². The fraction of sp³-hybridized carbons (Fsp3) is 0.261. The van der Waals surface area contributed by atoms with Crippen molar-refractivity contribution in [1.29, 1.82) is 0 Å². The van der Waals surface area contributed by atoms with Crippen LogP contribution in [0.4, 0.5) is 5.69 Å². The molecule has 184 valence electrons. The first kappa shape index (κ1) is 25.7. The van der Waals surface area contributed by atoms with E-state index in [0.717, 1.165) is 11.8 Å². The standard InChI is InChI=1S/C23H25N5O6S/c1-28-20(18(12-29)25-21(31)14-7-9-17(33-2)10-8-14)26-27-23(28)35-13-19(30)24-16-6-4-5-15(11-16)22(32)34-3/h4-11,18,29H,12-13H2,1-3H3,(H,24,30)(H,25,31)/t18-/m1/s1. The number of nitrogens with zero attached hydrogens (tertiary/aromatic N) is 3. The van der Waals surface area contributed by atoms with Gasteiger partial charge in [0.25, 0.3) is 5.91 Å². The lowest BCUT2D eigenvalue weighted by Gasteiger charge is -2.16. The molecule has 0 fully saturated rings.